The number of aliphatic hydroxyl groups excluding tert-OH is 20. The minimum Gasteiger partial charge on any atom is -1.00 e. The Balaban J connectivity index is -0.000000245. The van der Waals surface area contributed by atoms with Gasteiger partial charge in [-0.3, -0.25) is 24.6 Å². The van der Waals surface area contributed by atoms with Crippen LogP contribution in [-0.4, -0.2) is 339 Å². The molecular weight excluding hydrogens is 1680 g/mol. The second-order valence-electron chi connectivity index (χ2n) is 25.5. The van der Waals surface area contributed by atoms with Crippen LogP contribution in [0.5, 0.6) is 0 Å². The molecule has 35 nitrogen and oxygen atoms in total. The summed E-state index contributed by atoms with van der Waals surface area (Å²) in [5.74, 6) is 1.40. The number of esters is 2. The summed E-state index contributed by atoms with van der Waals surface area (Å²) in [4.78, 5) is 41.9. The van der Waals surface area contributed by atoms with Gasteiger partial charge in [-0.25, -0.2) is 8.42 Å². The minimum absolute atomic E-state index is 0. The van der Waals surface area contributed by atoms with Crippen LogP contribution in [-0.2, 0) is 52.0 Å². The van der Waals surface area contributed by atoms with Gasteiger partial charge in [0, 0.05) is 60.8 Å². The molecule has 0 heterocycles. The molecule has 3 radical (unpaired) electrons. The number of aliphatic hydroxyl groups is 20. The third-order valence-corrected chi connectivity index (χ3v) is 21.3. The summed E-state index contributed by atoms with van der Waals surface area (Å²) < 4.78 is 60.5. The first-order valence-electron chi connectivity index (χ1n) is 36.2. The number of carbonyl (C=O) groups excluding carboxylic acids is 4. The summed E-state index contributed by atoms with van der Waals surface area (Å²) in [6.45, 7) is 23.3. The molecule has 43 heteroatoms. The van der Waals surface area contributed by atoms with E-state index in [2.05, 4.69) is 21.1 Å². The number of halogens is 1. The van der Waals surface area contributed by atoms with E-state index in [0.29, 0.717) is 0 Å². The largest absolute Gasteiger partial charge is 1.00 e. The van der Waals surface area contributed by atoms with E-state index < -0.39 is 173 Å². The van der Waals surface area contributed by atoms with E-state index in [1.54, 1.807) is 63.0 Å². The van der Waals surface area contributed by atoms with Crippen LogP contribution >= 0.6 is 46.0 Å². The molecule has 0 aliphatic heterocycles. The van der Waals surface area contributed by atoms with Gasteiger partial charge < -0.3 is 123 Å². The maximum atomic E-state index is 12.0. The van der Waals surface area contributed by atoms with Crippen molar-refractivity contribution in [2.45, 2.75) is 251 Å². The average molecular weight is 1810 g/mol. The first-order valence-corrected chi connectivity index (χ1v) is 43.1. The molecule has 118 heavy (non-hydrogen) atoms. The number of thioether (sulfide) groups is 3. The quantitative estimate of drug-likeness (QED) is 0.00411. The maximum Gasteiger partial charge on any atom is 1.00 e. The van der Waals surface area contributed by atoms with Gasteiger partial charge in [-0.05, 0) is 107 Å². The van der Waals surface area contributed by atoms with E-state index in [1.807, 2.05) is 109 Å². The monoisotopic (exact) mass is 1810 g/mol. The van der Waals surface area contributed by atoms with Crippen molar-refractivity contribution in [2.24, 2.45) is 16.1 Å². The summed E-state index contributed by atoms with van der Waals surface area (Å²) in [5, 5.41) is 189. The first kappa shape index (κ1) is 124. The number of rotatable bonds is 40. The number of aldehydes is 2. The Morgan fingerprint density at radius 2 is 0.780 bits per heavy atom. The molecule has 0 saturated heterocycles. The predicted molar refractivity (Wildman–Crippen MR) is 453 cm³/mol. The van der Waals surface area contributed by atoms with Gasteiger partial charge in [0.15, 0.2) is 12.6 Å². The number of aryl methyl sites for hydroxylation is 2. The summed E-state index contributed by atoms with van der Waals surface area (Å²) in [6, 6.07) is 31.1. The van der Waals surface area contributed by atoms with Crippen molar-refractivity contribution >= 4 is 122 Å². The summed E-state index contributed by atoms with van der Waals surface area (Å²) in [7, 11) is -2.48. The zero-order valence-electron chi connectivity index (χ0n) is 70.1. The number of carbonyl (C=O) groups is 4. The molecule has 0 aromatic heterocycles. The van der Waals surface area contributed by atoms with Crippen LogP contribution in [0.4, 0.5) is 11.4 Å². The van der Waals surface area contributed by atoms with Crippen LogP contribution in [0.2, 0.25) is 0 Å². The number of benzene rings is 4. The third kappa shape index (κ3) is 57.1. The zero-order valence-corrected chi connectivity index (χ0v) is 76.0. The number of nitrogens with one attached hydrogen (secondary N) is 2. The van der Waals surface area contributed by atoms with Gasteiger partial charge >= 0.3 is 41.5 Å². The summed E-state index contributed by atoms with van der Waals surface area (Å²) >= 11 is 4.48. The first-order chi connectivity index (χ1) is 54.0. The standard InChI is InChI=1S/C16H22N2O4.C15H24O6S2.C11H16N2O3.C8H18O4S.C8H18O3S.C7H7ClO2S.C5H10O5.C5H10O4.B.Na.H/c1-11(10-17-18-15-8-6-5-7-9-15)16(22-14(4)20)12(2)21-13(3)19;1-4-22-11(3)14(17)15(18)13(16)9-21-23(19,20)12-7-5-10(2)6-8-12;1-8(14)11(16)10(15)7-12-13-9-5-3-2-4-6-9;1-3-13-5(2)7(11)8(12)6(10)4-9;1-4-12-6(3)8(11)7(10)5(2)9;1-6-2-4-7(5-3-6)11(8,9)10;6-1-3(8)5(10)4(9)2-7;1-3(7)5(9)4(8)2-6;;;/h5-12,16,18H,1-4H3;5-8,11,13-18H,4,9H2,1-3H3;2-8,10-11,13-16H,1H3;5-12H,3-4H2,1-2H3;5-11H,4H2,1-3H3;2-5H,1H3;1,3-5,7-10H,2H2;2-5,7-9H,1H3;;;/q;;;;;;;;;+1;-1/b17-10+;;12-7+;;;;;;;;/t11-,12-,16+;11?,13-,14-,15-;8-,10-,11-;5?,6-,7-,8-;5-,6?,7-,8-;;3-,4-,5+;3-,4-,5-;;;/m00000.00.../s1. The Labute approximate surface area is 735 Å². The maximum absolute atomic E-state index is 12.0. The molecule has 0 aliphatic rings. The Morgan fingerprint density at radius 3 is 1.10 bits per heavy atom. The minimum atomic E-state index is -4.02. The zero-order chi connectivity index (χ0) is 90.3. The van der Waals surface area contributed by atoms with Crippen LogP contribution in [0, 0.1) is 19.8 Å². The number of ether oxygens (including phenoxy) is 2. The van der Waals surface area contributed by atoms with Gasteiger partial charge in [0.1, 0.15) is 85.5 Å². The molecule has 673 valence electrons. The Kier molecular flexibility index (Phi) is 73.7. The molecule has 24 atom stereocenters. The van der Waals surface area contributed by atoms with Crippen molar-refractivity contribution in [1.82, 2.24) is 0 Å². The molecule has 0 fully saturated rings. The molecule has 0 aliphatic carbocycles. The van der Waals surface area contributed by atoms with E-state index in [0.717, 1.165) is 46.0 Å². The normalized spacial score (nSPS) is 17.3. The fraction of sp³-hybridized carbons (Fsp3) is 0.600. The number of hydrogen-bond donors (Lipinski definition) is 22. The van der Waals surface area contributed by atoms with Gasteiger partial charge in [-0.1, -0.05) is 120 Å². The fourth-order valence-electron chi connectivity index (χ4n) is 8.33. The van der Waals surface area contributed by atoms with E-state index in [4.69, 9.17) is 80.5 Å². The number of hydrazone groups is 2. The van der Waals surface area contributed by atoms with Crippen molar-refractivity contribution in [3.63, 3.8) is 0 Å². The van der Waals surface area contributed by atoms with Crippen molar-refractivity contribution in [2.75, 3.05) is 47.9 Å². The molecule has 0 spiro atoms. The topological polar surface area (TPSA) is 618 Å². The fourth-order valence-corrected chi connectivity index (χ4v) is 12.7. The van der Waals surface area contributed by atoms with Crippen molar-refractivity contribution < 1.29 is 183 Å². The molecular formula is C75H126BClN4NaO31S5. The number of anilines is 2. The van der Waals surface area contributed by atoms with Crippen LogP contribution < -0.4 is 40.4 Å². The Bertz CT molecular complexity index is 3490. The van der Waals surface area contributed by atoms with E-state index >= 15 is 0 Å². The second-order valence-corrected chi connectivity index (χ2v) is 34.6. The molecule has 4 rings (SSSR count). The molecule has 4 aromatic carbocycles. The van der Waals surface area contributed by atoms with Crippen LogP contribution in [0.1, 0.15) is 103 Å². The van der Waals surface area contributed by atoms with Gasteiger partial charge in [-0.15, -0.1) is 0 Å². The molecule has 0 bridgehead atoms. The van der Waals surface area contributed by atoms with Gasteiger partial charge in [-0.2, -0.15) is 53.9 Å². The summed E-state index contributed by atoms with van der Waals surface area (Å²) in [6.07, 6.45) is -20.7. The Hall–Kier alpha value is -4.44. The van der Waals surface area contributed by atoms with Crippen LogP contribution in [0.3, 0.4) is 0 Å². The van der Waals surface area contributed by atoms with E-state index in [9.17, 15) is 82.0 Å². The molecule has 0 saturated carbocycles. The summed E-state index contributed by atoms with van der Waals surface area (Å²) in [5.41, 5.74) is 9.11. The predicted octanol–water partition coefficient (Wildman–Crippen LogP) is -2.64. The van der Waals surface area contributed by atoms with Crippen molar-refractivity contribution in [3.8, 4) is 0 Å². The van der Waals surface area contributed by atoms with Gasteiger partial charge in [0.05, 0.1) is 83.8 Å². The second kappa shape index (κ2) is 69.9. The SMILES string of the molecule is CC(=O)O[C@@H]([C@H](C)OC(C)=O)[C@@H](C)/C=N/Nc1ccccc1.CCSC(C)[C@H](O)[C@@H](O)[C@@H](O)CO.CCSC(C)[C@H](O)[C@@H](O)[C@@H](O)COS(=O)(=O)c1ccc(C)cc1.CCSC(C)[C@H](O)[C@@H](O)[C@H](C)O.C[C@H](O)[C@H](O)[C@@H](O)/C=N/Nc1ccccc1.C[C@H](O)[C@H](O)[C@@H](O)C=O.Cc1ccc(S(=O)(=O)Cl)cc1.O=C[C@H](O)[C@@H](O)[C@@H](O)CO.[B].[H-].[Na+]. The Morgan fingerprint density at radius 1 is 0.458 bits per heavy atom. The van der Waals surface area contributed by atoms with Crippen LogP contribution in [0.15, 0.2) is 129 Å². The number of para-hydroxylation sites is 2. The van der Waals surface area contributed by atoms with Gasteiger partial charge in [0.25, 0.3) is 19.2 Å². The molecule has 3 unspecified atom stereocenters. The number of nitrogens with zero attached hydrogens (tertiary/aromatic N) is 2. The third-order valence-electron chi connectivity index (χ3n) is 15.3. The molecule has 22 N–H and O–H groups in total. The van der Waals surface area contributed by atoms with E-state index in [-0.39, 0.29) is 83.4 Å². The van der Waals surface area contributed by atoms with Crippen molar-refractivity contribution in [3.05, 3.63) is 120 Å². The number of hydrogen-bond acceptors (Lipinski definition) is 38. The molecule has 0 amide bonds. The van der Waals surface area contributed by atoms with Crippen molar-refractivity contribution in [1.29, 1.82) is 0 Å². The van der Waals surface area contributed by atoms with Crippen LogP contribution in [0.25, 0.3) is 0 Å². The smallest absolute Gasteiger partial charge is 1.00 e. The van der Waals surface area contributed by atoms with E-state index in [1.165, 1.54) is 82.4 Å². The van der Waals surface area contributed by atoms with Gasteiger partial charge in [0.2, 0.25) is 0 Å². The molecule has 4 aromatic rings. The average Bonchev–Trinajstić information content (AvgIpc) is 0.866.